The number of aromatic amines is 1. The van der Waals surface area contributed by atoms with Crippen molar-refractivity contribution in [3.05, 3.63) is 35.5 Å². The van der Waals surface area contributed by atoms with E-state index < -0.39 is 0 Å². The average Bonchev–Trinajstić information content (AvgIpc) is 2.62. The van der Waals surface area contributed by atoms with Crippen molar-refractivity contribution in [3.63, 3.8) is 0 Å². The SMILES string of the molecule is [HH].c1ccc2c3c([nH]c2c1)CCC3. The molecule has 1 heterocycles. The highest BCUT2D eigenvalue weighted by atomic mass is 14.7. The molecule has 1 heteroatoms. The Hall–Kier alpha value is -1.24. The molecule has 0 unspecified atom stereocenters. The molecule has 1 aliphatic rings. The average molecular weight is 159 g/mol. The molecule has 0 atom stereocenters. The molecule has 0 amide bonds. The van der Waals surface area contributed by atoms with E-state index in [1.165, 1.54) is 35.9 Å². The summed E-state index contributed by atoms with van der Waals surface area (Å²) in [6.07, 6.45) is 3.83. The number of aryl methyl sites for hydroxylation is 2. The summed E-state index contributed by atoms with van der Waals surface area (Å²) in [4.78, 5) is 3.48. The van der Waals surface area contributed by atoms with Crippen LogP contribution in [-0.4, -0.2) is 4.98 Å². The van der Waals surface area contributed by atoms with Gasteiger partial charge in [-0.05, 0) is 30.9 Å². The van der Waals surface area contributed by atoms with Crippen LogP contribution in [0.2, 0.25) is 0 Å². The fraction of sp³-hybridized carbons (Fsp3) is 0.273. The van der Waals surface area contributed by atoms with Crippen LogP contribution in [0.1, 0.15) is 19.1 Å². The lowest BCUT2D eigenvalue weighted by Crippen LogP contribution is -1.75. The van der Waals surface area contributed by atoms with Crippen LogP contribution in [0.25, 0.3) is 10.9 Å². The molecule has 1 aromatic heterocycles. The molecule has 0 saturated carbocycles. The fourth-order valence-electron chi connectivity index (χ4n) is 2.20. The third-order valence-electron chi connectivity index (χ3n) is 2.76. The summed E-state index contributed by atoms with van der Waals surface area (Å²) in [6, 6.07) is 8.59. The van der Waals surface area contributed by atoms with E-state index in [0.717, 1.165) is 0 Å². The van der Waals surface area contributed by atoms with Gasteiger partial charge < -0.3 is 4.98 Å². The van der Waals surface area contributed by atoms with Crippen molar-refractivity contribution in [2.75, 3.05) is 0 Å². The standard InChI is InChI=1S/C11H11N.H2/c1-2-6-10-8(4-1)9-5-3-7-11(9)12-10;/h1-2,4,6,12H,3,5,7H2;1H. The van der Waals surface area contributed by atoms with Gasteiger partial charge in [0.15, 0.2) is 0 Å². The van der Waals surface area contributed by atoms with Gasteiger partial charge in [-0.3, -0.25) is 0 Å². The van der Waals surface area contributed by atoms with E-state index in [4.69, 9.17) is 0 Å². The largest absolute Gasteiger partial charge is 0.358 e. The first-order valence-electron chi connectivity index (χ1n) is 4.53. The minimum absolute atomic E-state index is 0. The number of fused-ring (bicyclic) bond motifs is 3. The van der Waals surface area contributed by atoms with E-state index in [-0.39, 0.29) is 1.43 Å². The normalized spacial score (nSPS) is 15.3. The lowest BCUT2D eigenvalue weighted by Gasteiger charge is -1.90. The molecule has 0 saturated heterocycles. The Bertz CT molecular complexity index is 431. The zero-order valence-electron chi connectivity index (χ0n) is 6.93. The molecule has 0 spiro atoms. The van der Waals surface area contributed by atoms with E-state index in [1.807, 2.05) is 0 Å². The predicted octanol–water partition coefficient (Wildman–Crippen LogP) is 2.90. The van der Waals surface area contributed by atoms with Crippen molar-refractivity contribution in [2.24, 2.45) is 0 Å². The highest BCUT2D eigenvalue weighted by molar-refractivity contribution is 5.85. The molecular weight excluding hydrogens is 146 g/mol. The Labute approximate surface area is 72.9 Å². The van der Waals surface area contributed by atoms with Crippen molar-refractivity contribution >= 4 is 10.9 Å². The summed E-state index contributed by atoms with van der Waals surface area (Å²) in [6.45, 7) is 0. The maximum Gasteiger partial charge on any atom is 0.0458 e. The molecule has 1 aromatic carbocycles. The number of hydrogen-bond donors (Lipinski definition) is 1. The molecule has 2 aromatic rings. The van der Waals surface area contributed by atoms with Crippen LogP contribution in [0.5, 0.6) is 0 Å². The number of aromatic nitrogens is 1. The Morgan fingerprint density at radius 3 is 3.08 bits per heavy atom. The van der Waals surface area contributed by atoms with Gasteiger partial charge in [0, 0.05) is 18.0 Å². The number of para-hydroxylation sites is 1. The van der Waals surface area contributed by atoms with Crippen molar-refractivity contribution < 1.29 is 1.43 Å². The Morgan fingerprint density at radius 2 is 2.08 bits per heavy atom. The topological polar surface area (TPSA) is 15.8 Å². The van der Waals surface area contributed by atoms with Crippen LogP contribution < -0.4 is 0 Å². The molecule has 1 nitrogen and oxygen atoms in total. The number of hydrogen-bond acceptors (Lipinski definition) is 0. The zero-order valence-corrected chi connectivity index (χ0v) is 6.93. The molecule has 1 N–H and O–H groups in total. The highest BCUT2D eigenvalue weighted by Crippen LogP contribution is 2.29. The van der Waals surface area contributed by atoms with Gasteiger partial charge in [0.25, 0.3) is 0 Å². The minimum atomic E-state index is 0. The van der Waals surface area contributed by atoms with Gasteiger partial charge in [-0.1, -0.05) is 18.2 Å². The van der Waals surface area contributed by atoms with Crippen molar-refractivity contribution in [1.82, 2.24) is 4.98 Å². The first kappa shape index (κ1) is 6.30. The lowest BCUT2D eigenvalue weighted by atomic mass is 10.1. The van der Waals surface area contributed by atoms with Crippen LogP contribution >= 0.6 is 0 Å². The monoisotopic (exact) mass is 159 g/mol. The lowest BCUT2D eigenvalue weighted by molar-refractivity contribution is 0.899. The van der Waals surface area contributed by atoms with E-state index in [9.17, 15) is 0 Å². The first-order valence-corrected chi connectivity index (χ1v) is 4.53. The highest BCUT2D eigenvalue weighted by Gasteiger charge is 2.15. The van der Waals surface area contributed by atoms with E-state index in [0.29, 0.717) is 0 Å². The molecule has 0 fully saturated rings. The predicted molar refractivity (Wildman–Crippen MR) is 52.4 cm³/mol. The number of H-pyrrole nitrogens is 1. The van der Waals surface area contributed by atoms with Crippen molar-refractivity contribution in [2.45, 2.75) is 19.3 Å². The first-order chi connectivity index (χ1) is 5.95. The van der Waals surface area contributed by atoms with Gasteiger partial charge in [0.05, 0.1) is 0 Å². The zero-order chi connectivity index (χ0) is 7.97. The molecule has 3 rings (SSSR count). The van der Waals surface area contributed by atoms with E-state index in [1.54, 1.807) is 5.56 Å². The Morgan fingerprint density at radius 1 is 1.17 bits per heavy atom. The van der Waals surface area contributed by atoms with Gasteiger partial charge in [-0.15, -0.1) is 0 Å². The summed E-state index contributed by atoms with van der Waals surface area (Å²) in [5.41, 5.74) is 4.34. The quantitative estimate of drug-likeness (QED) is 0.608. The molecule has 0 radical (unpaired) electrons. The van der Waals surface area contributed by atoms with Crippen LogP contribution in [0.4, 0.5) is 0 Å². The molecule has 1 aliphatic carbocycles. The van der Waals surface area contributed by atoms with Crippen LogP contribution in [0.3, 0.4) is 0 Å². The van der Waals surface area contributed by atoms with Gasteiger partial charge in [-0.2, -0.15) is 0 Å². The second kappa shape index (κ2) is 2.13. The number of nitrogens with one attached hydrogen (secondary N) is 1. The van der Waals surface area contributed by atoms with Gasteiger partial charge in [-0.25, -0.2) is 0 Å². The third-order valence-corrected chi connectivity index (χ3v) is 2.76. The maximum absolute atomic E-state index is 3.48. The van der Waals surface area contributed by atoms with Crippen molar-refractivity contribution in [1.29, 1.82) is 0 Å². The van der Waals surface area contributed by atoms with E-state index in [2.05, 4.69) is 29.2 Å². The smallest absolute Gasteiger partial charge is 0.0458 e. The number of rotatable bonds is 0. The maximum atomic E-state index is 3.48. The second-order valence-corrected chi connectivity index (χ2v) is 3.48. The molecule has 0 bridgehead atoms. The third kappa shape index (κ3) is 0.685. The summed E-state index contributed by atoms with van der Waals surface area (Å²) >= 11 is 0. The minimum Gasteiger partial charge on any atom is -0.358 e. The molecule has 12 heavy (non-hydrogen) atoms. The summed E-state index contributed by atoms with van der Waals surface area (Å²) in [5.74, 6) is 0. The second-order valence-electron chi connectivity index (χ2n) is 3.48. The fourth-order valence-corrected chi connectivity index (χ4v) is 2.20. The van der Waals surface area contributed by atoms with Crippen LogP contribution in [-0.2, 0) is 12.8 Å². The summed E-state index contributed by atoms with van der Waals surface area (Å²) in [7, 11) is 0. The molecule has 0 aliphatic heterocycles. The van der Waals surface area contributed by atoms with E-state index >= 15 is 0 Å². The van der Waals surface area contributed by atoms with Crippen molar-refractivity contribution in [3.8, 4) is 0 Å². The van der Waals surface area contributed by atoms with Gasteiger partial charge >= 0.3 is 0 Å². The van der Waals surface area contributed by atoms with Gasteiger partial charge in [0.1, 0.15) is 0 Å². The van der Waals surface area contributed by atoms with Crippen LogP contribution in [0.15, 0.2) is 24.3 Å². The van der Waals surface area contributed by atoms with Gasteiger partial charge in [0.2, 0.25) is 0 Å². The number of benzene rings is 1. The Kier molecular flexibility index (Phi) is 1.12. The Balaban J connectivity index is 0.000000653. The summed E-state index contributed by atoms with van der Waals surface area (Å²) < 4.78 is 0. The molecule has 62 valence electrons. The van der Waals surface area contributed by atoms with Crippen LogP contribution in [0, 0.1) is 0 Å². The molecular formula is C11H13N. The summed E-state index contributed by atoms with van der Waals surface area (Å²) in [5, 5.41) is 1.44.